The van der Waals surface area contributed by atoms with Crippen molar-refractivity contribution in [3.63, 3.8) is 0 Å². The quantitative estimate of drug-likeness (QED) is 0.748. The topological polar surface area (TPSA) is 55.8 Å². The summed E-state index contributed by atoms with van der Waals surface area (Å²) in [6.07, 6.45) is 6.72. The molecule has 1 aliphatic heterocycles. The molecule has 0 unspecified atom stereocenters. The Labute approximate surface area is 126 Å². The molecule has 0 aliphatic carbocycles. The van der Waals surface area contributed by atoms with E-state index in [-0.39, 0.29) is 4.90 Å². The lowest BCUT2D eigenvalue weighted by Crippen LogP contribution is -2.28. The fraction of sp³-hybridized carbons (Fsp3) is 0.467. The lowest BCUT2D eigenvalue weighted by Gasteiger charge is -2.20. The van der Waals surface area contributed by atoms with Crippen molar-refractivity contribution in [2.24, 2.45) is 0 Å². The Morgan fingerprint density at radius 1 is 1.24 bits per heavy atom. The summed E-state index contributed by atoms with van der Waals surface area (Å²) in [5.74, 6) is 0.897. The Balaban J connectivity index is 2.44. The molecule has 0 saturated carbocycles. The Kier molecular flexibility index (Phi) is 5.25. The molecule has 0 N–H and O–H groups in total. The maximum Gasteiger partial charge on any atom is 0.246 e. The Morgan fingerprint density at radius 2 is 2.05 bits per heavy atom. The van der Waals surface area contributed by atoms with Gasteiger partial charge in [-0.1, -0.05) is 12.2 Å². The Hall–Kier alpha value is -1.53. The third-order valence-corrected chi connectivity index (χ3v) is 5.33. The molecule has 1 aliphatic rings. The summed E-state index contributed by atoms with van der Waals surface area (Å²) < 4.78 is 37.4. The highest BCUT2D eigenvalue weighted by Gasteiger charge is 2.25. The molecule has 0 fully saturated rings. The van der Waals surface area contributed by atoms with Crippen LogP contribution in [0, 0.1) is 0 Å². The van der Waals surface area contributed by atoms with E-state index < -0.39 is 10.0 Å². The van der Waals surface area contributed by atoms with E-state index in [0.29, 0.717) is 24.7 Å². The monoisotopic (exact) mass is 311 g/mol. The van der Waals surface area contributed by atoms with Crippen LogP contribution in [-0.4, -0.2) is 40.0 Å². The lowest BCUT2D eigenvalue weighted by molar-refractivity contribution is 0.344. The minimum atomic E-state index is -3.54. The van der Waals surface area contributed by atoms with Crippen LogP contribution in [0.2, 0.25) is 0 Å². The van der Waals surface area contributed by atoms with Crippen LogP contribution in [0.1, 0.15) is 19.3 Å². The van der Waals surface area contributed by atoms with Crippen molar-refractivity contribution < 1.29 is 17.9 Å². The van der Waals surface area contributed by atoms with Crippen LogP contribution in [0.5, 0.6) is 11.5 Å². The zero-order valence-electron chi connectivity index (χ0n) is 12.4. The van der Waals surface area contributed by atoms with E-state index >= 15 is 0 Å². The predicted molar refractivity (Wildman–Crippen MR) is 81.3 cm³/mol. The van der Waals surface area contributed by atoms with Crippen molar-refractivity contribution in [2.75, 3.05) is 27.3 Å². The van der Waals surface area contributed by atoms with Gasteiger partial charge >= 0.3 is 0 Å². The molecule has 1 heterocycles. The van der Waals surface area contributed by atoms with Crippen molar-refractivity contribution in [3.8, 4) is 11.5 Å². The van der Waals surface area contributed by atoms with Crippen LogP contribution in [-0.2, 0) is 10.0 Å². The Morgan fingerprint density at radius 3 is 2.81 bits per heavy atom. The van der Waals surface area contributed by atoms with Crippen molar-refractivity contribution >= 4 is 10.0 Å². The molecule has 1 aromatic rings. The maximum atomic E-state index is 12.6. The van der Waals surface area contributed by atoms with Gasteiger partial charge in [-0.2, -0.15) is 0 Å². The average Bonchev–Trinajstić information content (AvgIpc) is 2.48. The molecule has 5 nitrogen and oxygen atoms in total. The highest BCUT2D eigenvalue weighted by molar-refractivity contribution is 7.89. The predicted octanol–water partition coefficient (Wildman–Crippen LogP) is 2.43. The second-order valence-corrected chi connectivity index (χ2v) is 6.93. The van der Waals surface area contributed by atoms with E-state index in [2.05, 4.69) is 6.08 Å². The first-order chi connectivity index (χ1) is 10.1. The van der Waals surface area contributed by atoms with E-state index in [0.717, 1.165) is 19.3 Å². The summed E-state index contributed by atoms with van der Waals surface area (Å²) in [5.41, 5.74) is 0. The number of fused-ring (bicyclic) bond motifs is 1. The van der Waals surface area contributed by atoms with Crippen LogP contribution in [0.25, 0.3) is 0 Å². The van der Waals surface area contributed by atoms with Crippen molar-refractivity contribution in [2.45, 2.75) is 24.2 Å². The standard InChI is InChI=1S/C15H21NO4S/c1-16-10-6-4-3-5-7-11-20-14-12-13(19-2)8-9-15(14)21(16,17)18/h5,7-9,12H,3-4,6,10-11H2,1-2H3. The molecule has 6 heteroatoms. The van der Waals surface area contributed by atoms with Crippen LogP contribution >= 0.6 is 0 Å². The van der Waals surface area contributed by atoms with Gasteiger partial charge in [-0.05, 0) is 31.4 Å². The SMILES string of the molecule is COc1ccc2c(c1)OCC=CCCCCN(C)S2(=O)=O. The van der Waals surface area contributed by atoms with Gasteiger partial charge in [-0.3, -0.25) is 0 Å². The molecule has 0 spiro atoms. The maximum absolute atomic E-state index is 12.6. The number of hydrogen-bond acceptors (Lipinski definition) is 4. The fourth-order valence-corrected chi connectivity index (χ4v) is 3.47. The molecule has 2 rings (SSSR count). The van der Waals surface area contributed by atoms with Crippen molar-refractivity contribution in [1.82, 2.24) is 4.31 Å². The third-order valence-electron chi connectivity index (χ3n) is 3.43. The molecule has 0 aromatic heterocycles. The van der Waals surface area contributed by atoms with Gasteiger partial charge in [0.2, 0.25) is 10.0 Å². The van der Waals surface area contributed by atoms with Gasteiger partial charge in [-0.15, -0.1) is 0 Å². The first-order valence-electron chi connectivity index (χ1n) is 6.98. The Bertz CT molecular complexity index is 610. The number of hydrogen-bond donors (Lipinski definition) is 0. The van der Waals surface area contributed by atoms with Gasteiger partial charge in [0.25, 0.3) is 0 Å². The molecular formula is C15H21NO4S. The second-order valence-electron chi connectivity index (χ2n) is 4.92. The van der Waals surface area contributed by atoms with E-state index in [1.165, 1.54) is 17.5 Å². The first-order valence-corrected chi connectivity index (χ1v) is 8.42. The van der Waals surface area contributed by atoms with Crippen molar-refractivity contribution in [3.05, 3.63) is 30.4 Å². The summed E-state index contributed by atoms with van der Waals surface area (Å²) in [7, 11) is -0.403. The minimum absolute atomic E-state index is 0.180. The second kappa shape index (κ2) is 6.95. The number of ether oxygens (including phenoxy) is 2. The zero-order chi connectivity index (χ0) is 15.3. The van der Waals surface area contributed by atoms with Crippen LogP contribution in [0.3, 0.4) is 0 Å². The van der Waals surface area contributed by atoms with Crippen LogP contribution < -0.4 is 9.47 Å². The van der Waals surface area contributed by atoms with Gasteiger partial charge in [0.15, 0.2) is 0 Å². The summed E-state index contributed by atoms with van der Waals surface area (Å²) >= 11 is 0. The average molecular weight is 311 g/mol. The minimum Gasteiger partial charge on any atom is -0.497 e. The summed E-state index contributed by atoms with van der Waals surface area (Å²) in [6, 6.07) is 4.78. The number of sulfonamides is 1. The third kappa shape index (κ3) is 3.77. The summed E-state index contributed by atoms with van der Waals surface area (Å²) in [6.45, 7) is 0.848. The number of methoxy groups -OCH3 is 1. The molecule has 0 atom stereocenters. The van der Waals surface area contributed by atoms with Gasteiger partial charge in [0, 0.05) is 19.7 Å². The van der Waals surface area contributed by atoms with E-state index in [4.69, 9.17) is 9.47 Å². The van der Waals surface area contributed by atoms with Gasteiger partial charge < -0.3 is 9.47 Å². The molecule has 0 radical (unpaired) electrons. The molecule has 0 bridgehead atoms. The molecule has 0 saturated heterocycles. The molecule has 21 heavy (non-hydrogen) atoms. The molecule has 1 aromatic carbocycles. The van der Waals surface area contributed by atoms with Gasteiger partial charge in [0.05, 0.1) is 7.11 Å². The smallest absolute Gasteiger partial charge is 0.246 e. The van der Waals surface area contributed by atoms with Gasteiger partial charge in [0.1, 0.15) is 23.0 Å². The highest BCUT2D eigenvalue weighted by Crippen LogP contribution is 2.30. The first kappa shape index (κ1) is 15.9. The summed E-state index contributed by atoms with van der Waals surface area (Å²) in [4.78, 5) is 0.180. The lowest BCUT2D eigenvalue weighted by atomic mass is 10.2. The zero-order valence-corrected chi connectivity index (χ0v) is 13.2. The van der Waals surface area contributed by atoms with Gasteiger partial charge in [-0.25, -0.2) is 12.7 Å². The molecule has 0 amide bonds. The van der Waals surface area contributed by atoms with Crippen LogP contribution in [0.15, 0.2) is 35.2 Å². The van der Waals surface area contributed by atoms with E-state index in [1.54, 1.807) is 19.2 Å². The number of nitrogens with zero attached hydrogens (tertiary/aromatic N) is 1. The number of rotatable bonds is 1. The number of benzene rings is 1. The largest absolute Gasteiger partial charge is 0.497 e. The van der Waals surface area contributed by atoms with Crippen molar-refractivity contribution in [1.29, 1.82) is 0 Å². The number of allylic oxidation sites excluding steroid dienone is 1. The summed E-state index contributed by atoms with van der Waals surface area (Å²) in [5, 5.41) is 0. The fourth-order valence-electron chi connectivity index (χ4n) is 2.15. The van der Waals surface area contributed by atoms with E-state index in [1.807, 2.05) is 6.08 Å². The highest BCUT2D eigenvalue weighted by atomic mass is 32.2. The van der Waals surface area contributed by atoms with E-state index in [9.17, 15) is 8.42 Å². The molecule has 116 valence electrons. The normalized spacial score (nSPS) is 19.7. The van der Waals surface area contributed by atoms with Crippen LogP contribution in [0.4, 0.5) is 0 Å². The molecular weight excluding hydrogens is 290 g/mol.